The van der Waals surface area contributed by atoms with Gasteiger partial charge >= 0.3 is 0 Å². The topological polar surface area (TPSA) is 74.1 Å². The largest absolute Gasteiger partial charge is 0.467 e. The van der Waals surface area contributed by atoms with Crippen LogP contribution in [0.2, 0.25) is 5.02 Å². The lowest BCUT2D eigenvalue weighted by Gasteiger charge is -2.29. The first-order valence-corrected chi connectivity index (χ1v) is 11.0. The van der Waals surface area contributed by atoms with Crippen LogP contribution in [-0.2, 0) is 20.9 Å². The third kappa shape index (κ3) is 5.10. The molecule has 3 amide bonds. The number of hydrogen-bond acceptors (Lipinski definition) is 4. The van der Waals surface area contributed by atoms with Crippen molar-refractivity contribution in [3.8, 4) is 0 Å². The highest BCUT2D eigenvalue weighted by Gasteiger charge is 2.34. The molecule has 1 aliphatic heterocycles. The van der Waals surface area contributed by atoms with Crippen molar-refractivity contribution in [1.82, 2.24) is 9.80 Å². The Balaban J connectivity index is 1.44. The quantitative estimate of drug-likeness (QED) is 0.682. The summed E-state index contributed by atoms with van der Waals surface area (Å²) >= 11 is 5.93. The number of nitrogens with zero attached hydrogens (tertiary/aromatic N) is 3. The number of carbonyl (C=O) groups excluding carboxylic acids is 3. The van der Waals surface area contributed by atoms with E-state index in [4.69, 9.17) is 16.0 Å². The SMILES string of the molecule is O=C(CN(Cc1ccco1)C(=O)C1CCCCC1)N1CC(=O)N(c2ccc(Cl)cc2)C1. The molecule has 0 spiro atoms. The van der Waals surface area contributed by atoms with Crippen LogP contribution in [0, 0.1) is 5.92 Å². The van der Waals surface area contributed by atoms with E-state index >= 15 is 0 Å². The fourth-order valence-electron chi connectivity index (χ4n) is 4.24. The van der Waals surface area contributed by atoms with Gasteiger partial charge in [-0.25, -0.2) is 0 Å². The zero-order valence-electron chi connectivity index (χ0n) is 17.3. The summed E-state index contributed by atoms with van der Waals surface area (Å²) in [5.41, 5.74) is 0.690. The smallest absolute Gasteiger partial charge is 0.248 e. The first kappa shape index (κ1) is 21.4. The minimum absolute atomic E-state index is 0.00628. The molecule has 0 N–H and O–H groups in total. The van der Waals surface area contributed by atoms with Gasteiger partial charge in [0.05, 0.1) is 12.8 Å². The molecule has 2 heterocycles. The van der Waals surface area contributed by atoms with E-state index in [0.717, 1.165) is 32.1 Å². The van der Waals surface area contributed by atoms with Crippen LogP contribution >= 0.6 is 11.6 Å². The number of benzene rings is 1. The van der Waals surface area contributed by atoms with Gasteiger partial charge in [-0.1, -0.05) is 30.9 Å². The van der Waals surface area contributed by atoms with Crippen LogP contribution in [0.4, 0.5) is 5.69 Å². The minimum Gasteiger partial charge on any atom is -0.467 e. The second-order valence-corrected chi connectivity index (χ2v) is 8.58. The number of hydrogen-bond donors (Lipinski definition) is 0. The summed E-state index contributed by atoms with van der Waals surface area (Å²) in [6.07, 6.45) is 6.49. The lowest BCUT2D eigenvalue weighted by Crippen LogP contribution is -2.44. The molecule has 0 atom stereocenters. The Morgan fingerprint density at radius 2 is 1.84 bits per heavy atom. The third-order valence-electron chi connectivity index (χ3n) is 5.95. The van der Waals surface area contributed by atoms with Gasteiger partial charge < -0.3 is 14.2 Å². The monoisotopic (exact) mass is 443 g/mol. The van der Waals surface area contributed by atoms with Crippen LogP contribution in [0.5, 0.6) is 0 Å². The van der Waals surface area contributed by atoms with Gasteiger partial charge in [-0.15, -0.1) is 0 Å². The fraction of sp³-hybridized carbons (Fsp3) is 0.435. The highest BCUT2D eigenvalue weighted by Crippen LogP contribution is 2.27. The molecule has 2 aliphatic rings. The first-order valence-electron chi connectivity index (χ1n) is 10.7. The molecule has 164 valence electrons. The summed E-state index contributed by atoms with van der Waals surface area (Å²) in [6.45, 7) is 0.327. The molecule has 1 aromatic carbocycles. The van der Waals surface area contributed by atoms with E-state index in [1.165, 1.54) is 4.90 Å². The number of carbonyl (C=O) groups is 3. The van der Waals surface area contributed by atoms with Crippen LogP contribution in [0.25, 0.3) is 0 Å². The lowest BCUT2D eigenvalue weighted by molar-refractivity contribution is -0.144. The van der Waals surface area contributed by atoms with Gasteiger partial charge in [0.15, 0.2) is 0 Å². The molecule has 31 heavy (non-hydrogen) atoms. The van der Waals surface area contributed by atoms with Crippen molar-refractivity contribution >= 4 is 35.0 Å². The summed E-state index contributed by atoms with van der Waals surface area (Å²) in [4.78, 5) is 43.3. The molecular weight excluding hydrogens is 418 g/mol. The highest BCUT2D eigenvalue weighted by atomic mass is 35.5. The van der Waals surface area contributed by atoms with Crippen molar-refractivity contribution in [2.75, 3.05) is 24.7 Å². The Morgan fingerprint density at radius 1 is 1.10 bits per heavy atom. The maximum Gasteiger partial charge on any atom is 0.248 e. The average molecular weight is 444 g/mol. The van der Waals surface area contributed by atoms with Gasteiger partial charge in [0.2, 0.25) is 17.7 Å². The Labute approximate surface area is 186 Å². The van der Waals surface area contributed by atoms with Gasteiger partial charge in [-0.05, 0) is 49.2 Å². The molecule has 0 radical (unpaired) electrons. The number of anilines is 1. The van der Waals surface area contributed by atoms with E-state index in [9.17, 15) is 14.4 Å². The molecule has 4 rings (SSSR count). The van der Waals surface area contributed by atoms with Crippen molar-refractivity contribution in [3.63, 3.8) is 0 Å². The number of rotatable bonds is 6. The van der Waals surface area contributed by atoms with Crippen LogP contribution in [0.1, 0.15) is 37.9 Å². The summed E-state index contributed by atoms with van der Waals surface area (Å²) in [6, 6.07) is 10.5. The van der Waals surface area contributed by atoms with Crippen LogP contribution < -0.4 is 4.90 Å². The Morgan fingerprint density at radius 3 is 2.52 bits per heavy atom. The summed E-state index contributed by atoms with van der Waals surface area (Å²) in [5, 5.41) is 0.582. The van der Waals surface area contributed by atoms with Crippen LogP contribution in [0.15, 0.2) is 47.1 Å². The van der Waals surface area contributed by atoms with E-state index in [1.54, 1.807) is 52.5 Å². The molecule has 1 aromatic heterocycles. The molecule has 1 saturated heterocycles. The number of furan rings is 1. The predicted octanol–water partition coefficient (Wildman–Crippen LogP) is 3.67. The van der Waals surface area contributed by atoms with Crippen LogP contribution in [-0.4, -0.2) is 47.3 Å². The summed E-state index contributed by atoms with van der Waals surface area (Å²) in [7, 11) is 0. The van der Waals surface area contributed by atoms with E-state index in [1.807, 2.05) is 0 Å². The van der Waals surface area contributed by atoms with E-state index < -0.39 is 0 Å². The first-order chi connectivity index (χ1) is 15.0. The third-order valence-corrected chi connectivity index (χ3v) is 6.20. The maximum absolute atomic E-state index is 13.2. The lowest BCUT2D eigenvalue weighted by atomic mass is 9.88. The maximum atomic E-state index is 13.2. The van der Waals surface area contributed by atoms with Gasteiger partial charge in [-0.2, -0.15) is 0 Å². The van der Waals surface area contributed by atoms with Crippen molar-refractivity contribution < 1.29 is 18.8 Å². The molecule has 0 bridgehead atoms. The molecule has 0 unspecified atom stereocenters. The Bertz CT molecular complexity index is 923. The van der Waals surface area contributed by atoms with Gasteiger partial charge in [0, 0.05) is 16.6 Å². The fourth-order valence-corrected chi connectivity index (χ4v) is 4.36. The number of halogens is 1. The summed E-state index contributed by atoms with van der Waals surface area (Å²) in [5.74, 6) is 0.163. The standard InChI is InChI=1S/C23H26ClN3O4/c24-18-8-10-19(11-9-18)27-16-26(15-22(27)29)21(28)14-25(13-20-7-4-12-31-20)23(30)17-5-2-1-3-6-17/h4,7-12,17H,1-3,5-6,13-16H2. The zero-order valence-corrected chi connectivity index (χ0v) is 18.1. The zero-order chi connectivity index (χ0) is 21.8. The van der Waals surface area contributed by atoms with Crippen LogP contribution in [0.3, 0.4) is 0 Å². The second kappa shape index (κ2) is 9.56. The molecule has 1 saturated carbocycles. The molecule has 1 aliphatic carbocycles. The van der Waals surface area contributed by atoms with Crippen molar-refractivity contribution in [1.29, 1.82) is 0 Å². The van der Waals surface area contributed by atoms with E-state index in [2.05, 4.69) is 0 Å². The Kier molecular flexibility index (Phi) is 6.61. The van der Waals surface area contributed by atoms with E-state index in [0.29, 0.717) is 16.5 Å². The Hall–Kier alpha value is -2.80. The molecule has 7 nitrogen and oxygen atoms in total. The van der Waals surface area contributed by atoms with Gasteiger partial charge in [0.25, 0.3) is 0 Å². The predicted molar refractivity (Wildman–Crippen MR) is 116 cm³/mol. The highest BCUT2D eigenvalue weighted by molar-refractivity contribution is 6.30. The molecule has 8 heteroatoms. The number of amides is 3. The van der Waals surface area contributed by atoms with Crippen molar-refractivity contribution in [3.05, 3.63) is 53.4 Å². The van der Waals surface area contributed by atoms with Gasteiger partial charge in [-0.3, -0.25) is 19.3 Å². The molecule has 2 aromatic rings. The normalized spacial score (nSPS) is 17.3. The minimum atomic E-state index is -0.250. The van der Waals surface area contributed by atoms with Crippen molar-refractivity contribution in [2.45, 2.75) is 38.6 Å². The summed E-state index contributed by atoms with van der Waals surface area (Å²) < 4.78 is 5.42. The second-order valence-electron chi connectivity index (χ2n) is 8.14. The average Bonchev–Trinajstić information content (AvgIpc) is 3.43. The molecular formula is C23H26ClN3O4. The molecule has 2 fully saturated rings. The van der Waals surface area contributed by atoms with Crippen molar-refractivity contribution in [2.24, 2.45) is 5.92 Å². The van der Waals surface area contributed by atoms with Gasteiger partial charge in [0.1, 0.15) is 25.5 Å². The van der Waals surface area contributed by atoms with E-state index in [-0.39, 0.29) is 49.9 Å².